The van der Waals surface area contributed by atoms with Gasteiger partial charge in [-0.1, -0.05) is 12.8 Å². The third-order valence-corrected chi connectivity index (χ3v) is 5.48. The van der Waals surface area contributed by atoms with Crippen molar-refractivity contribution in [3.05, 3.63) is 53.9 Å². The first kappa shape index (κ1) is 18.3. The molecule has 0 unspecified atom stereocenters. The molecule has 28 heavy (non-hydrogen) atoms. The number of benzene rings is 2. The predicted molar refractivity (Wildman–Crippen MR) is 108 cm³/mol. The minimum absolute atomic E-state index is 0.137. The topological polar surface area (TPSA) is 65.4 Å². The molecule has 1 aromatic heterocycles. The summed E-state index contributed by atoms with van der Waals surface area (Å²) in [7, 11) is 3.23. The Kier molecular flexibility index (Phi) is 5.19. The van der Waals surface area contributed by atoms with E-state index in [2.05, 4.69) is 14.9 Å². The standard InChI is InChI=1S/C22H25N3O3/c1-27-18-8-10-21(28-2)16(11-18)13-23-22(26)15-7-9-20-19(12-15)24-14-25(20)17-5-3-4-6-17/h7-12,14,17H,3-6,13H2,1-2H3,(H,23,26). The highest BCUT2D eigenvalue weighted by Gasteiger charge is 2.19. The number of amides is 1. The van der Waals surface area contributed by atoms with Crippen molar-refractivity contribution in [3.8, 4) is 11.5 Å². The average molecular weight is 379 g/mol. The Labute approximate surface area is 164 Å². The molecule has 0 atom stereocenters. The van der Waals surface area contributed by atoms with Crippen LogP contribution in [0.5, 0.6) is 11.5 Å². The van der Waals surface area contributed by atoms with E-state index >= 15 is 0 Å². The number of nitrogens with one attached hydrogen (secondary N) is 1. The van der Waals surface area contributed by atoms with Crippen molar-refractivity contribution in [2.24, 2.45) is 0 Å². The highest BCUT2D eigenvalue weighted by molar-refractivity contribution is 5.97. The Hall–Kier alpha value is -3.02. The Balaban J connectivity index is 1.50. The SMILES string of the molecule is COc1ccc(OC)c(CNC(=O)c2ccc3c(c2)ncn3C2CCCC2)c1. The van der Waals surface area contributed by atoms with Gasteiger partial charge in [-0.05, 0) is 49.2 Å². The van der Waals surface area contributed by atoms with E-state index in [4.69, 9.17) is 9.47 Å². The van der Waals surface area contributed by atoms with Crippen LogP contribution in [0.25, 0.3) is 11.0 Å². The molecule has 0 aliphatic heterocycles. The van der Waals surface area contributed by atoms with E-state index in [1.54, 1.807) is 14.2 Å². The van der Waals surface area contributed by atoms with Crippen LogP contribution in [0.3, 0.4) is 0 Å². The van der Waals surface area contributed by atoms with Crippen LogP contribution in [-0.4, -0.2) is 29.7 Å². The summed E-state index contributed by atoms with van der Waals surface area (Å²) in [5.74, 6) is 1.30. The molecule has 1 aliphatic rings. The third kappa shape index (κ3) is 3.54. The van der Waals surface area contributed by atoms with Gasteiger partial charge in [0.1, 0.15) is 11.5 Å². The number of carbonyl (C=O) groups is 1. The number of fused-ring (bicyclic) bond motifs is 1. The van der Waals surface area contributed by atoms with Crippen molar-refractivity contribution in [1.82, 2.24) is 14.9 Å². The van der Waals surface area contributed by atoms with Crippen LogP contribution in [0.2, 0.25) is 0 Å². The molecule has 0 saturated heterocycles. The van der Waals surface area contributed by atoms with Gasteiger partial charge in [-0.25, -0.2) is 4.98 Å². The van der Waals surface area contributed by atoms with Gasteiger partial charge in [0.2, 0.25) is 0 Å². The normalized spacial score (nSPS) is 14.4. The van der Waals surface area contributed by atoms with Crippen molar-refractivity contribution in [2.75, 3.05) is 14.2 Å². The lowest BCUT2D eigenvalue weighted by Crippen LogP contribution is -2.23. The molecule has 0 radical (unpaired) electrons. The summed E-state index contributed by atoms with van der Waals surface area (Å²) < 4.78 is 12.9. The maximum Gasteiger partial charge on any atom is 0.251 e. The zero-order valence-corrected chi connectivity index (χ0v) is 16.3. The van der Waals surface area contributed by atoms with E-state index in [0.717, 1.165) is 22.3 Å². The second-order valence-corrected chi connectivity index (χ2v) is 7.15. The summed E-state index contributed by atoms with van der Waals surface area (Å²) >= 11 is 0. The maximum absolute atomic E-state index is 12.7. The Morgan fingerprint density at radius 3 is 2.71 bits per heavy atom. The van der Waals surface area contributed by atoms with Gasteiger partial charge < -0.3 is 19.4 Å². The fraction of sp³-hybridized carbons (Fsp3) is 0.364. The van der Waals surface area contributed by atoms with Crippen molar-refractivity contribution in [2.45, 2.75) is 38.3 Å². The summed E-state index contributed by atoms with van der Waals surface area (Å²) in [6, 6.07) is 11.8. The molecule has 6 nitrogen and oxygen atoms in total. The maximum atomic E-state index is 12.7. The smallest absolute Gasteiger partial charge is 0.251 e. The highest BCUT2D eigenvalue weighted by Crippen LogP contribution is 2.32. The predicted octanol–water partition coefficient (Wildman–Crippen LogP) is 4.10. The lowest BCUT2D eigenvalue weighted by Gasteiger charge is -2.13. The molecule has 4 rings (SSSR count). The van der Waals surface area contributed by atoms with Gasteiger partial charge in [0, 0.05) is 23.7 Å². The second kappa shape index (κ2) is 7.92. The Morgan fingerprint density at radius 2 is 1.96 bits per heavy atom. The fourth-order valence-corrected chi connectivity index (χ4v) is 3.94. The fourth-order valence-electron chi connectivity index (χ4n) is 3.94. The number of hydrogen-bond acceptors (Lipinski definition) is 4. The number of methoxy groups -OCH3 is 2. The van der Waals surface area contributed by atoms with Crippen molar-refractivity contribution in [1.29, 1.82) is 0 Å². The first-order valence-electron chi connectivity index (χ1n) is 9.65. The van der Waals surface area contributed by atoms with Crippen LogP contribution >= 0.6 is 0 Å². The highest BCUT2D eigenvalue weighted by atomic mass is 16.5. The molecule has 6 heteroatoms. The molecule has 1 fully saturated rings. The van der Waals surface area contributed by atoms with E-state index in [1.165, 1.54) is 25.7 Å². The third-order valence-electron chi connectivity index (χ3n) is 5.48. The summed E-state index contributed by atoms with van der Waals surface area (Å²) in [4.78, 5) is 17.2. The number of aromatic nitrogens is 2. The average Bonchev–Trinajstić information content (AvgIpc) is 3.40. The summed E-state index contributed by atoms with van der Waals surface area (Å²) in [6.07, 6.45) is 6.87. The quantitative estimate of drug-likeness (QED) is 0.700. The van der Waals surface area contributed by atoms with Crippen molar-refractivity contribution in [3.63, 3.8) is 0 Å². The van der Waals surface area contributed by atoms with Crippen LogP contribution in [-0.2, 0) is 6.54 Å². The molecule has 1 saturated carbocycles. The molecular weight excluding hydrogens is 354 g/mol. The number of hydrogen-bond donors (Lipinski definition) is 1. The number of nitrogens with zero attached hydrogens (tertiary/aromatic N) is 2. The van der Waals surface area contributed by atoms with Gasteiger partial charge in [0.05, 0.1) is 31.6 Å². The number of carbonyl (C=O) groups excluding carboxylic acids is 1. The molecule has 1 aliphatic carbocycles. The van der Waals surface area contributed by atoms with Gasteiger partial charge in [-0.2, -0.15) is 0 Å². The monoisotopic (exact) mass is 379 g/mol. The minimum atomic E-state index is -0.137. The molecule has 0 bridgehead atoms. The van der Waals surface area contributed by atoms with Crippen molar-refractivity contribution >= 4 is 16.9 Å². The van der Waals surface area contributed by atoms with Crippen LogP contribution in [0.1, 0.15) is 47.6 Å². The van der Waals surface area contributed by atoms with Gasteiger partial charge in [0.25, 0.3) is 5.91 Å². The molecule has 0 spiro atoms. The largest absolute Gasteiger partial charge is 0.497 e. The van der Waals surface area contributed by atoms with E-state index in [-0.39, 0.29) is 5.91 Å². The Morgan fingerprint density at radius 1 is 1.14 bits per heavy atom. The zero-order valence-electron chi connectivity index (χ0n) is 16.3. The lowest BCUT2D eigenvalue weighted by molar-refractivity contribution is 0.0950. The number of imidazole rings is 1. The Bertz CT molecular complexity index is 990. The molecule has 1 N–H and O–H groups in total. The molecule has 2 aromatic carbocycles. The minimum Gasteiger partial charge on any atom is -0.497 e. The summed E-state index contributed by atoms with van der Waals surface area (Å²) in [5.41, 5.74) is 3.42. The molecule has 1 heterocycles. The van der Waals surface area contributed by atoms with E-state index in [0.29, 0.717) is 23.9 Å². The van der Waals surface area contributed by atoms with Gasteiger partial charge in [0.15, 0.2) is 0 Å². The van der Waals surface area contributed by atoms with E-state index < -0.39 is 0 Å². The number of rotatable bonds is 6. The molecule has 1 amide bonds. The van der Waals surface area contributed by atoms with Crippen molar-refractivity contribution < 1.29 is 14.3 Å². The lowest BCUT2D eigenvalue weighted by atomic mass is 10.1. The van der Waals surface area contributed by atoms with Crippen LogP contribution in [0, 0.1) is 0 Å². The second-order valence-electron chi connectivity index (χ2n) is 7.15. The summed E-state index contributed by atoms with van der Waals surface area (Å²) in [5, 5.41) is 2.96. The first-order valence-corrected chi connectivity index (χ1v) is 9.65. The van der Waals surface area contributed by atoms with E-state index in [9.17, 15) is 4.79 Å². The molecular formula is C22H25N3O3. The molecule has 3 aromatic rings. The van der Waals surface area contributed by atoms with E-state index in [1.807, 2.05) is 42.7 Å². The number of ether oxygens (including phenoxy) is 2. The van der Waals surface area contributed by atoms with Crippen LogP contribution < -0.4 is 14.8 Å². The molecule has 146 valence electrons. The zero-order chi connectivity index (χ0) is 19.5. The summed E-state index contributed by atoms with van der Waals surface area (Å²) in [6.45, 7) is 0.355. The van der Waals surface area contributed by atoms with Crippen LogP contribution in [0.4, 0.5) is 0 Å². The van der Waals surface area contributed by atoms with Gasteiger partial charge in [-0.3, -0.25) is 4.79 Å². The van der Waals surface area contributed by atoms with Gasteiger partial charge in [-0.15, -0.1) is 0 Å². The van der Waals surface area contributed by atoms with Crippen LogP contribution in [0.15, 0.2) is 42.7 Å². The first-order chi connectivity index (χ1) is 13.7. The van der Waals surface area contributed by atoms with Gasteiger partial charge >= 0.3 is 0 Å².